The molecule has 24 heavy (non-hydrogen) atoms. The second-order valence-corrected chi connectivity index (χ2v) is 6.13. The first-order valence-corrected chi connectivity index (χ1v) is 8.81. The third kappa shape index (κ3) is 5.77. The van der Waals surface area contributed by atoms with E-state index < -0.39 is 23.3 Å². The molecule has 0 rings (SSSR count). The molecule has 2 atom stereocenters. The number of ketones is 1. The molecule has 0 bridgehead atoms. The molecule has 0 amide bonds. The van der Waals surface area contributed by atoms with Crippen LogP contribution >= 0.6 is 0 Å². The van der Waals surface area contributed by atoms with Crippen LogP contribution in [-0.2, 0) is 23.9 Å². The smallest absolute Gasteiger partial charge is 0.333 e. The zero-order chi connectivity index (χ0) is 18.8. The van der Waals surface area contributed by atoms with Crippen molar-refractivity contribution in [3.63, 3.8) is 0 Å². The Hall–Kier alpha value is -1.65. The molecule has 5 heteroatoms. The molecule has 0 heterocycles. The van der Waals surface area contributed by atoms with Gasteiger partial charge >= 0.3 is 11.9 Å². The molecular weight excluding hydrogens is 308 g/mol. The van der Waals surface area contributed by atoms with Crippen LogP contribution < -0.4 is 0 Å². The van der Waals surface area contributed by atoms with Gasteiger partial charge in [0.1, 0.15) is 11.2 Å². The average Bonchev–Trinajstić information content (AvgIpc) is 2.53. The Bertz CT molecular complexity index is 455. The zero-order valence-corrected chi connectivity index (χ0v) is 15.8. The summed E-state index contributed by atoms with van der Waals surface area (Å²) in [5.41, 5.74) is -1.26. The summed E-state index contributed by atoms with van der Waals surface area (Å²) in [5.74, 6) is -2.12. The van der Waals surface area contributed by atoms with Crippen LogP contribution in [0.1, 0.15) is 66.7 Å². The van der Waals surface area contributed by atoms with E-state index in [2.05, 4.69) is 13.5 Å². The van der Waals surface area contributed by atoms with Gasteiger partial charge in [-0.2, -0.15) is 0 Å². The van der Waals surface area contributed by atoms with E-state index in [1.807, 2.05) is 0 Å². The number of esters is 2. The van der Waals surface area contributed by atoms with E-state index in [0.29, 0.717) is 6.42 Å². The number of rotatable bonds is 12. The van der Waals surface area contributed by atoms with Crippen molar-refractivity contribution in [2.24, 2.45) is 11.3 Å². The molecule has 0 fully saturated rings. The Morgan fingerprint density at radius 3 is 2.04 bits per heavy atom. The summed E-state index contributed by atoms with van der Waals surface area (Å²) in [7, 11) is 0. The topological polar surface area (TPSA) is 69.7 Å². The largest absolute Gasteiger partial charge is 0.465 e. The highest BCUT2D eigenvalue weighted by Crippen LogP contribution is 2.39. The predicted octanol–water partition coefficient (Wildman–Crippen LogP) is 3.85. The van der Waals surface area contributed by atoms with Crippen molar-refractivity contribution in [3.05, 3.63) is 12.2 Å². The fourth-order valence-electron chi connectivity index (χ4n) is 2.77. The van der Waals surface area contributed by atoms with Gasteiger partial charge in [-0.15, -0.1) is 0 Å². The van der Waals surface area contributed by atoms with Crippen LogP contribution in [0.15, 0.2) is 12.2 Å². The molecule has 0 spiro atoms. The Balaban J connectivity index is 5.58. The number of ether oxygens (including phenoxy) is 2. The molecule has 0 aromatic carbocycles. The third-order valence-electron chi connectivity index (χ3n) is 4.43. The van der Waals surface area contributed by atoms with Gasteiger partial charge in [0.2, 0.25) is 0 Å². The first kappa shape index (κ1) is 22.4. The van der Waals surface area contributed by atoms with Crippen molar-refractivity contribution >= 4 is 17.7 Å². The van der Waals surface area contributed by atoms with Gasteiger partial charge in [-0.1, -0.05) is 39.2 Å². The second kappa shape index (κ2) is 11.0. The van der Waals surface area contributed by atoms with Gasteiger partial charge in [0.25, 0.3) is 0 Å². The van der Waals surface area contributed by atoms with Crippen LogP contribution in [0.3, 0.4) is 0 Å². The highest BCUT2D eigenvalue weighted by atomic mass is 16.5. The summed E-state index contributed by atoms with van der Waals surface area (Å²) in [4.78, 5) is 36.9. The summed E-state index contributed by atoms with van der Waals surface area (Å²) in [5, 5.41) is 0. The van der Waals surface area contributed by atoms with Gasteiger partial charge in [-0.25, -0.2) is 4.79 Å². The average molecular weight is 340 g/mol. The van der Waals surface area contributed by atoms with Crippen LogP contribution in [0.25, 0.3) is 0 Å². The van der Waals surface area contributed by atoms with Crippen LogP contribution in [0, 0.1) is 11.3 Å². The Morgan fingerprint density at radius 1 is 1.00 bits per heavy atom. The van der Waals surface area contributed by atoms with Crippen LogP contribution in [0.4, 0.5) is 0 Å². The van der Waals surface area contributed by atoms with Gasteiger partial charge in [-0.3, -0.25) is 9.59 Å². The number of hydrogen-bond acceptors (Lipinski definition) is 5. The van der Waals surface area contributed by atoms with Gasteiger partial charge < -0.3 is 9.47 Å². The van der Waals surface area contributed by atoms with E-state index >= 15 is 0 Å². The van der Waals surface area contributed by atoms with Crippen molar-refractivity contribution in [1.82, 2.24) is 0 Å². The molecule has 0 aromatic heterocycles. The minimum absolute atomic E-state index is 0.166. The number of Topliss-reactive ketones (excluding diaryl/α,β-unsaturated/α-hetero) is 1. The Kier molecular flexibility index (Phi) is 10.2. The maximum absolute atomic E-state index is 12.5. The van der Waals surface area contributed by atoms with E-state index in [-0.39, 0.29) is 24.6 Å². The number of unbranched alkanes of at least 4 members (excludes halogenated alkanes) is 3. The maximum Gasteiger partial charge on any atom is 0.333 e. The Labute approximate surface area is 145 Å². The first-order valence-electron chi connectivity index (χ1n) is 8.81. The minimum Gasteiger partial charge on any atom is -0.465 e. The predicted molar refractivity (Wildman–Crippen MR) is 93.4 cm³/mol. The summed E-state index contributed by atoms with van der Waals surface area (Å²) in [6.07, 6.45) is 4.44. The van der Waals surface area contributed by atoms with Gasteiger partial charge in [0, 0.05) is 11.5 Å². The molecule has 138 valence electrons. The van der Waals surface area contributed by atoms with Crippen molar-refractivity contribution in [1.29, 1.82) is 0 Å². The molecule has 5 nitrogen and oxygen atoms in total. The number of carbonyl (C=O) groups excluding carboxylic acids is 3. The van der Waals surface area contributed by atoms with E-state index in [0.717, 1.165) is 25.7 Å². The monoisotopic (exact) mass is 340 g/mol. The van der Waals surface area contributed by atoms with Gasteiger partial charge in [0.05, 0.1) is 13.2 Å². The highest BCUT2D eigenvalue weighted by molar-refractivity contribution is 6.04. The molecular formula is C19H32O5. The summed E-state index contributed by atoms with van der Waals surface area (Å²) < 4.78 is 10.1. The van der Waals surface area contributed by atoms with Crippen molar-refractivity contribution < 1.29 is 23.9 Å². The molecule has 0 aliphatic heterocycles. The molecule has 0 saturated heterocycles. The highest BCUT2D eigenvalue weighted by Gasteiger charge is 2.49. The van der Waals surface area contributed by atoms with Crippen LogP contribution in [-0.4, -0.2) is 30.9 Å². The van der Waals surface area contributed by atoms with Crippen molar-refractivity contribution in [2.75, 3.05) is 13.2 Å². The summed E-state index contributed by atoms with van der Waals surface area (Å²) >= 11 is 0. The number of carbonyl (C=O) groups is 3. The zero-order valence-electron chi connectivity index (χ0n) is 15.8. The van der Waals surface area contributed by atoms with Gasteiger partial charge in [-0.05, 0) is 34.1 Å². The summed E-state index contributed by atoms with van der Waals surface area (Å²) in [6.45, 7) is 12.6. The molecule has 2 unspecified atom stereocenters. The lowest BCUT2D eigenvalue weighted by Crippen LogP contribution is -2.45. The first-order chi connectivity index (χ1) is 11.3. The van der Waals surface area contributed by atoms with Crippen LogP contribution in [0.2, 0.25) is 0 Å². The normalized spacial score (nSPS) is 14.4. The van der Waals surface area contributed by atoms with Crippen molar-refractivity contribution in [3.8, 4) is 0 Å². The third-order valence-corrected chi connectivity index (χ3v) is 4.43. The molecule has 0 aliphatic rings. The summed E-state index contributed by atoms with van der Waals surface area (Å²) in [6, 6.07) is 0. The lowest BCUT2D eigenvalue weighted by Gasteiger charge is -2.34. The molecule has 0 aromatic rings. The maximum atomic E-state index is 12.5. The second-order valence-electron chi connectivity index (χ2n) is 6.13. The number of hydrogen-bond donors (Lipinski definition) is 0. The van der Waals surface area contributed by atoms with E-state index in [4.69, 9.17) is 9.47 Å². The molecule has 0 saturated carbocycles. The van der Waals surface area contributed by atoms with E-state index in [1.54, 1.807) is 20.8 Å². The fourth-order valence-corrected chi connectivity index (χ4v) is 2.77. The lowest BCUT2D eigenvalue weighted by molar-refractivity contribution is -0.162. The quantitative estimate of drug-likeness (QED) is 0.234. The standard InChI is InChI=1S/C19H32O5/c1-7-10-11-12-13-16(14(4)17(21)23-8-2)19(6,15(5)20)18(22)24-9-3/h16H,4,7-13H2,1-3,5-6H3. The SMILES string of the molecule is C=C(C(=O)OCC)C(CCCCCC)C(C)(C(C)=O)C(=O)OCC. The fraction of sp³-hybridized carbons (Fsp3) is 0.737. The lowest BCUT2D eigenvalue weighted by atomic mass is 9.68. The minimum atomic E-state index is -1.42. The molecule has 0 N–H and O–H groups in total. The molecule has 0 aliphatic carbocycles. The van der Waals surface area contributed by atoms with Gasteiger partial charge in [0.15, 0.2) is 0 Å². The van der Waals surface area contributed by atoms with E-state index in [9.17, 15) is 14.4 Å². The van der Waals surface area contributed by atoms with Crippen LogP contribution in [0.5, 0.6) is 0 Å². The van der Waals surface area contributed by atoms with Crippen molar-refractivity contribution in [2.45, 2.75) is 66.7 Å². The van der Waals surface area contributed by atoms with E-state index in [1.165, 1.54) is 6.92 Å². The Morgan fingerprint density at radius 2 is 1.58 bits per heavy atom. The molecule has 0 radical (unpaired) electrons.